The number of nitrogens with zero attached hydrogens (tertiary/aromatic N) is 3. The van der Waals surface area contributed by atoms with Gasteiger partial charge in [0.15, 0.2) is 0 Å². The van der Waals surface area contributed by atoms with Crippen molar-refractivity contribution >= 4 is 5.91 Å². The second-order valence-corrected chi connectivity index (χ2v) is 6.24. The standard InChI is InChI=1S/C19H23N3O/c1-15-3-4-16(2)18(13-15)19(23)22-11-9-21(10-12-22)14-17-5-7-20-8-6-17/h3-8,13H,9-12,14H2,1-2H3. The van der Waals surface area contributed by atoms with Gasteiger partial charge in [-0.2, -0.15) is 0 Å². The van der Waals surface area contributed by atoms with Crippen LogP contribution in [0.25, 0.3) is 0 Å². The van der Waals surface area contributed by atoms with Crippen LogP contribution in [0.4, 0.5) is 0 Å². The Balaban J connectivity index is 1.60. The fraction of sp³-hybridized carbons (Fsp3) is 0.368. The molecule has 1 aromatic heterocycles. The van der Waals surface area contributed by atoms with Crippen molar-refractivity contribution in [1.29, 1.82) is 0 Å². The average molecular weight is 309 g/mol. The van der Waals surface area contributed by atoms with Gasteiger partial charge in [0, 0.05) is 50.7 Å². The number of amides is 1. The van der Waals surface area contributed by atoms with E-state index in [2.05, 4.69) is 16.0 Å². The maximum atomic E-state index is 12.7. The van der Waals surface area contributed by atoms with Crippen molar-refractivity contribution in [2.45, 2.75) is 20.4 Å². The van der Waals surface area contributed by atoms with Crippen molar-refractivity contribution in [3.05, 3.63) is 65.0 Å². The Morgan fingerprint density at radius 3 is 2.43 bits per heavy atom. The van der Waals surface area contributed by atoms with E-state index < -0.39 is 0 Å². The molecule has 0 atom stereocenters. The van der Waals surface area contributed by atoms with E-state index in [1.807, 2.05) is 55.4 Å². The minimum Gasteiger partial charge on any atom is -0.336 e. The van der Waals surface area contributed by atoms with Gasteiger partial charge in [-0.05, 0) is 43.2 Å². The zero-order chi connectivity index (χ0) is 16.2. The SMILES string of the molecule is Cc1ccc(C)c(C(=O)N2CCN(Cc3ccncc3)CC2)c1. The van der Waals surface area contributed by atoms with Crippen molar-refractivity contribution in [2.75, 3.05) is 26.2 Å². The van der Waals surface area contributed by atoms with Gasteiger partial charge in [-0.1, -0.05) is 17.7 Å². The molecule has 0 spiro atoms. The molecule has 2 heterocycles. The summed E-state index contributed by atoms with van der Waals surface area (Å²) in [5.41, 5.74) is 4.30. The molecule has 1 amide bonds. The highest BCUT2D eigenvalue weighted by molar-refractivity contribution is 5.95. The second-order valence-electron chi connectivity index (χ2n) is 6.24. The molecule has 0 aliphatic carbocycles. The van der Waals surface area contributed by atoms with Crippen LogP contribution in [0.15, 0.2) is 42.7 Å². The lowest BCUT2D eigenvalue weighted by molar-refractivity contribution is 0.0627. The first kappa shape index (κ1) is 15.7. The van der Waals surface area contributed by atoms with Gasteiger partial charge in [0.25, 0.3) is 5.91 Å². The Bertz CT molecular complexity index is 676. The van der Waals surface area contributed by atoms with Crippen LogP contribution < -0.4 is 0 Å². The van der Waals surface area contributed by atoms with E-state index in [0.717, 1.165) is 49.4 Å². The van der Waals surface area contributed by atoms with E-state index in [-0.39, 0.29) is 5.91 Å². The quantitative estimate of drug-likeness (QED) is 0.874. The first-order valence-electron chi connectivity index (χ1n) is 8.11. The highest BCUT2D eigenvalue weighted by Gasteiger charge is 2.23. The van der Waals surface area contributed by atoms with Gasteiger partial charge in [-0.15, -0.1) is 0 Å². The molecule has 0 N–H and O–H groups in total. The summed E-state index contributed by atoms with van der Waals surface area (Å²) in [5.74, 6) is 0.162. The van der Waals surface area contributed by atoms with Crippen molar-refractivity contribution in [3.63, 3.8) is 0 Å². The van der Waals surface area contributed by atoms with Crippen LogP contribution in [-0.4, -0.2) is 46.9 Å². The monoisotopic (exact) mass is 309 g/mol. The Hall–Kier alpha value is -2.20. The number of pyridine rings is 1. The minimum absolute atomic E-state index is 0.162. The van der Waals surface area contributed by atoms with Crippen molar-refractivity contribution in [2.24, 2.45) is 0 Å². The van der Waals surface area contributed by atoms with Gasteiger partial charge in [-0.3, -0.25) is 14.7 Å². The molecule has 0 unspecified atom stereocenters. The molecule has 0 saturated carbocycles. The molecule has 1 aliphatic heterocycles. The van der Waals surface area contributed by atoms with Gasteiger partial charge < -0.3 is 4.90 Å². The zero-order valence-corrected chi connectivity index (χ0v) is 13.8. The summed E-state index contributed by atoms with van der Waals surface area (Å²) in [6, 6.07) is 10.2. The number of aromatic nitrogens is 1. The molecule has 120 valence electrons. The molecular formula is C19H23N3O. The highest BCUT2D eigenvalue weighted by Crippen LogP contribution is 2.15. The van der Waals surface area contributed by atoms with Gasteiger partial charge >= 0.3 is 0 Å². The van der Waals surface area contributed by atoms with Gasteiger partial charge in [-0.25, -0.2) is 0 Å². The maximum absolute atomic E-state index is 12.7. The number of rotatable bonds is 3. The molecule has 1 aromatic carbocycles. The number of carbonyl (C=O) groups excluding carboxylic acids is 1. The highest BCUT2D eigenvalue weighted by atomic mass is 16.2. The van der Waals surface area contributed by atoms with Gasteiger partial charge in [0.2, 0.25) is 0 Å². The topological polar surface area (TPSA) is 36.4 Å². The van der Waals surface area contributed by atoms with E-state index in [0.29, 0.717) is 0 Å². The summed E-state index contributed by atoms with van der Waals surface area (Å²) in [7, 11) is 0. The summed E-state index contributed by atoms with van der Waals surface area (Å²) < 4.78 is 0. The first-order chi connectivity index (χ1) is 11.1. The van der Waals surface area contributed by atoms with Crippen LogP contribution >= 0.6 is 0 Å². The lowest BCUT2D eigenvalue weighted by Gasteiger charge is -2.35. The molecule has 4 nitrogen and oxygen atoms in total. The third-order valence-corrected chi connectivity index (χ3v) is 4.44. The third-order valence-electron chi connectivity index (χ3n) is 4.44. The smallest absolute Gasteiger partial charge is 0.254 e. The van der Waals surface area contributed by atoms with Gasteiger partial charge in [0.05, 0.1) is 0 Å². The normalized spacial score (nSPS) is 15.7. The van der Waals surface area contributed by atoms with E-state index >= 15 is 0 Å². The molecule has 2 aromatic rings. The average Bonchev–Trinajstić information content (AvgIpc) is 2.58. The van der Waals surface area contributed by atoms with E-state index in [1.54, 1.807) is 0 Å². The van der Waals surface area contributed by atoms with Crippen LogP contribution in [0, 0.1) is 13.8 Å². The van der Waals surface area contributed by atoms with E-state index in [4.69, 9.17) is 0 Å². The molecule has 23 heavy (non-hydrogen) atoms. The number of hydrogen-bond acceptors (Lipinski definition) is 3. The maximum Gasteiger partial charge on any atom is 0.254 e. The summed E-state index contributed by atoms with van der Waals surface area (Å²) in [5, 5.41) is 0. The van der Waals surface area contributed by atoms with Crippen molar-refractivity contribution in [3.8, 4) is 0 Å². The van der Waals surface area contributed by atoms with Crippen LogP contribution in [0.3, 0.4) is 0 Å². The second kappa shape index (κ2) is 6.92. The lowest BCUT2D eigenvalue weighted by atomic mass is 10.0. The number of piperazine rings is 1. The number of aryl methyl sites for hydroxylation is 2. The lowest BCUT2D eigenvalue weighted by Crippen LogP contribution is -2.48. The number of carbonyl (C=O) groups is 1. The molecule has 1 saturated heterocycles. The van der Waals surface area contributed by atoms with Crippen LogP contribution in [0.1, 0.15) is 27.0 Å². The molecule has 0 bridgehead atoms. The number of hydrogen-bond donors (Lipinski definition) is 0. The summed E-state index contributed by atoms with van der Waals surface area (Å²) in [6.45, 7) is 8.37. The van der Waals surface area contributed by atoms with Crippen molar-refractivity contribution in [1.82, 2.24) is 14.8 Å². The van der Waals surface area contributed by atoms with E-state index in [9.17, 15) is 4.79 Å². The van der Waals surface area contributed by atoms with E-state index in [1.165, 1.54) is 5.56 Å². The third kappa shape index (κ3) is 3.77. The van der Waals surface area contributed by atoms with Crippen LogP contribution in [0.2, 0.25) is 0 Å². The predicted octanol–water partition coefficient (Wildman–Crippen LogP) is 2.66. The largest absolute Gasteiger partial charge is 0.336 e. The minimum atomic E-state index is 0.162. The van der Waals surface area contributed by atoms with Gasteiger partial charge in [0.1, 0.15) is 0 Å². The zero-order valence-electron chi connectivity index (χ0n) is 13.8. The van der Waals surface area contributed by atoms with Crippen molar-refractivity contribution < 1.29 is 4.79 Å². The fourth-order valence-corrected chi connectivity index (χ4v) is 2.99. The summed E-state index contributed by atoms with van der Waals surface area (Å²) in [4.78, 5) is 21.2. The fourth-order valence-electron chi connectivity index (χ4n) is 2.99. The number of benzene rings is 1. The Kier molecular flexibility index (Phi) is 4.72. The Morgan fingerprint density at radius 1 is 1.04 bits per heavy atom. The molecule has 1 aliphatic rings. The molecular weight excluding hydrogens is 286 g/mol. The first-order valence-corrected chi connectivity index (χ1v) is 8.11. The summed E-state index contributed by atoms with van der Waals surface area (Å²) >= 11 is 0. The molecule has 3 rings (SSSR count). The summed E-state index contributed by atoms with van der Waals surface area (Å²) in [6.07, 6.45) is 3.66. The Labute approximate surface area is 137 Å². The molecule has 1 fully saturated rings. The predicted molar refractivity (Wildman–Crippen MR) is 91.3 cm³/mol. The molecule has 0 radical (unpaired) electrons. The van der Waals surface area contributed by atoms with Crippen LogP contribution in [-0.2, 0) is 6.54 Å². The van der Waals surface area contributed by atoms with Crippen LogP contribution in [0.5, 0.6) is 0 Å². The molecule has 4 heteroatoms. The Morgan fingerprint density at radius 2 is 1.74 bits per heavy atom.